The average Bonchev–Trinajstić information content (AvgIpc) is 2.73. The van der Waals surface area contributed by atoms with E-state index in [4.69, 9.17) is 0 Å². The van der Waals surface area contributed by atoms with E-state index in [1.54, 1.807) is 11.8 Å². The van der Waals surface area contributed by atoms with E-state index in [0.717, 1.165) is 23.5 Å². The van der Waals surface area contributed by atoms with E-state index >= 15 is 0 Å². The van der Waals surface area contributed by atoms with Gasteiger partial charge in [-0.1, -0.05) is 11.3 Å². The SMILES string of the molecule is CSCCC(C)NS(=O)(=O)Cc1csc([N+](=O)[O-])c1. The quantitative estimate of drug-likeness (QED) is 0.585. The third-order valence-electron chi connectivity index (χ3n) is 2.31. The Labute approximate surface area is 120 Å². The Bertz CT molecular complexity index is 527. The largest absolute Gasteiger partial charge is 0.324 e. The van der Waals surface area contributed by atoms with Crippen molar-refractivity contribution in [2.75, 3.05) is 12.0 Å². The Morgan fingerprint density at radius 2 is 2.26 bits per heavy atom. The summed E-state index contributed by atoms with van der Waals surface area (Å²) in [6.45, 7) is 1.81. The van der Waals surface area contributed by atoms with Crippen LogP contribution in [0.2, 0.25) is 0 Å². The van der Waals surface area contributed by atoms with E-state index in [1.807, 2.05) is 13.2 Å². The summed E-state index contributed by atoms with van der Waals surface area (Å²) in [5, 5.41) is 12.0. The van der Waals surface area contributed by atoms with E-state index in [2.05, 4.69) is 4.72 Å². The van der Waals surface area contributed by atoms with Crippen molar-refractivity contribution < 1.29 is 13.3 Å². The van der Waals surface area contributed by atoms with Crippen LogP contribution in [0.4, 0.5) is 5.00 Å². The van der Waals surface area contributed by atoms with Crippen molar-refractivity contribution in [1.82, 2.24) is 4.72 Å². The summed E-state index contributed by atoms with van der Waals surface area (Å²) in [7, 11) is -3.45. The number of hydrogen-bond acceptors (Lipinski definition) is 6. The molecule has 0 amide bonds. The van der Waals surface area contributed by atoms with Gasteiger partial charge in [0.1, 0.15) is 0 Å². The molecule has 0 spiro atoms. The van der Waals surface area contributed by atoms with Crippen LogP contribution in [0.3, 0.4) is 0 Å². The molecule has 1 atom stereocenters. The van der Waals surface area contributed by atoms with Crippen LogP contribution in [0.25, 0.3) is 0 Å². The molecule has 1 heterocycles. The Balaban J connectivity index is 2.60. The van der Waals surface area contributed by atoms with Gasteiger partial charge in [-0.3, -0.25) is 10.1 Å². The zero-order chi connectivity index (χ0) is 14.5. The van der Waals surface area contributed by atoms with Crippen LogP contribution >= 0.6 is 23.1 Å². The van der Waals surface area contributed by atoms with E-state index in [0.29, 0.717) is 5.56 Å². The van der Waals surface area contributed by atoms with Crippen LogP contribution in [0.5, 0.6) is 0 Å². The van der Waals surface area contributed by atoms with Gasteiger partial charge in [0.25, 0.3) is 0 Å². The van der Waals surface area contributed by atoms with Crippen molar-refractivity contribution in [3.05, 3.63) is 27.1 Å². The summed E-state index contributed by atoms with van der Waals surface area (Å²) in [5.41, 5.74) is 0.446. The lowest BCUT2D eigenvalue weighted by Gasteiger charge is -2.12. The van der Waals surface area contributed by atoms with E-state index in [1.165, 1.54) is 11.4 Å². The van der Waals surface area contributed by atoms with Gasteiger partial charge in [0.15, 0.2) is 0 Å². The molecule has 1 N–H and O–H groups in total. The average molecular weight is 324 g/mol. The molecule has 108 valence electrons. The number of sulfonamides is 1. The molecule has 9 heteroatoms. The highest BCUT2D eigenvalue weighted by molar-refractivity contribution is 7.98. The number of thioether (sulfide) groups is 1. The maximum atomic E-state index is 11.9. The second-order valence-electron chi connectivity index (χ2n) is 4.11. The van der Waals surface area contributed by atoms with E-state index < -0.39 is 14.9 Å². The fourth-order valence-corrected chi connectivity index (χ4v) is 4.30. The first kappa shape index (κ1) is 16.4. The molecule has 0 fully saturated rings. The van der Waals surface area contributed by atoms with Crippen molar-refractivity contribution in [3.63, 3.8) is 0 Å². The molecule has 1 unspecified atom stereocenters. The first-order valence-corrected chi connectivity index (χ1v) is 9.47. The summed E-state index contributed by atoms with van der Waals surface area (Å²) in [6.07, 6.45) is 2.72. The summed E-state index contributed by atoms with van der Waals surface area (Å²) < 4.78 is 26.3. The van der Waals surface area contributed by atoms with Gasteiger partial charge in [-0.15, -0.1) is 0 Å². The standard InChI is InChI=1S/C10H16N2O4S3/c1-8(3-4-17-2)11-19(15,16)7-9-5-10(12(13)14)18-6-9/h5-6,8,11H,3-4,7H2,1-2H3. The topological polar surface area (TPSA) is 89.3 Å². The summed E-state index contributed by atoms with van der Waals surface area (Å²) in [4.78, 5) is 10.0. The molecular weight excluding hydrogens is 308 g/mol. The number of nitrogens with one attached hydrogen (secondary N) is 1. The molecular formula is C10H16N2O4S3. The number of hydrogen-bond donors (Lipinski definition) is 1. The molecule has 0 bridgehead atoms. The van der Waals surface area contributed by atoms with Gasteiger partial charge < -0.3 is 0 Å². The van der Waals surface area contributed by atoms with Crippen LogP contribution in [-0.2, 0) is 15.8 Å². The molecule has 6 nitrogen and oxygen atoms in total. The minimum absolute atomic E-state index is 0.0411. The molecule has 0 radical (unpaired) electrons. The Morgan fingerprint density at radius 1 is 1.58 bits per heavy atom. The van der Waals surface area contributed by atoms with Crippen molar-refractivity contribution in [2.45, 2.75) is 25.1 Å². The van der Waals surface area contributed by atoms with Gasteiger partial charge in [-0.2, -0.15) is 11.8 Å². The van der Waals surface area contributed by atoms with Gasteiger partial charge in [0, 0.05) is 17.5 Å². The molecule has 19 heavy (non-hydrogen) atoms. The highest BCUT2D eigenvalue weighted by Crippen LogP contribution is 2.23. The number of nitro groups is 1. The van der Waals surface area contributed by atoms with Gasteiger partial charge in [0.2, 0.25) is 10.0 Å². The van der Waals surface area contributed by atoms with Gasteiger partial charge in [0.05, 0.1) is 10.7 Å². The van der Waals surface area contributed by atoms with Gasteiger partial charge in [-0.25, -0.2) is 13.1 Å². The summed E-state index contributed by atoms with van der Waals surface area (Å²) >= 11 is 2.59. The minimum atomic E-state index is -3.45. The molecule has 0 aliphatic rings. The molecule has 0 aliphatic heterocycles. The minimum Gasteiger partial charge on any atom is -0.258 e. The van der Waals surface area contributed by atoms with Crippen LogP contribution < -0.4 is 4.72 Å². The Kier molecular flexibility index (Phi) is 6.24. The predicted octanol–water partition coefficient (Wildman–Crippen LogP) is 2.22. The first-order chi connectivity index (χ1) is 8.84. The lowest BCUT2D eigenvalue weighted by atomic mass is 10.3. The second kappa shape index (κ2) is 7.22. The highest BCUT2D eigenvalue weighted by atomic mass is 32.2. The molecule has 1 rings (SSSR count). The summed E-state index contributed by atoms with van der Waals surface area (Å²) in [6, 6.07) is 1.17. The lowest BCUT2D eigenvalue weighted by molar-refractivity contribution is -0.380. The zero-order valence-electron chi connectivity index (χ0n) is 10.7. The maximum absolute atomic E-state index is 11.9. The smallest absolute Gasteiger partial charge is 0.258 e. The van der Waals surface area contributed by atoms with Crippen molar-refractivity contribution in [1.29, 1.82) is 0 Å². The molecule has 0 aromatic carbocycles. The Morgan fingerprint density at radius 3 is 2.79 bits per heavy atom. The Hall–Kier alpha value is -0.640. The molecule has 0 saturated heterocycles. The van der Waals surface area contributed by atoms with Crippen LogP contribution in [0.1, 0.15) is 18.9 Å². The molecule has 1 aromatic heterocycles. The molecule has 1 aromatic rings. The number of thiophene rings is 1. The fraction of sp³-hybridized carbons (Fsp3) is 0.600. The normalized spacial score (nSPS) is 13.4. The monoisotopic (exact) mass is 324 g/mol. The van der Waals surface area contributed by atoms with Gasteiger partial charge >= 0.3 is 5.00 Å². The van der Waals surface area contributed by atoms with Gasteiger partial charge in [-0.05, 0) is 30.9 Å². The third kappa shape index (κ3) is 5.89. The summed E-state index contributed by atoms with van der Waals surface area (Å²) in [5.74, 6) is 0.661. The highest BCUT2D eigenvalue weighted by Gasteiger charge is 2.18. The van der Waals surface area contributed by atoms with E-state index in [-0.39, 0.29) is 16.8 Å². The maximum Gasteiger partial charge on any atom is 0.324 e. The first-order valence-electron chi connectivity index (χ1n) is 5.55. The van der Waals surface area contributed by atoms with Crippen LogP contribution in [0, 0.1) is 10.1 Å². The second-order valence-corrected chi connectivity index (χ2v) is 7.74. The van der Waals surface area contributed by atoms with Crippen molar-refractivity contribution in [3.8, 4) is 0 Å². The zero-order valence-corrected chi connectivity index (χ0v) is 13.1. The van der Waals surface area contributed by atoms with Crippen LogP contribution in [0.15, 0.2) is 11.4 Å². The number of rotatable bonds is 8. The number of nitrogens with zero attached hydrogens (tertiary/aromatic N) is 1. The van der Waals surface area contributed by atoms with Crippen molar-refractivity contribution >= 4 is 38.1 Å². The predicted molar refractivity (Wildman–Crippen MR) is 79.2 cm³/mol. The molecule has 0 saturated carbocycles. The fourth-order valence-electron chi connectivity index (χ4n) is 1.46. The third-order valence-corrected chi connectivity index (χ3v) is 5.36. The van der Waals surface area contributed by atoms with Crippen molar-refractivity contribution in [2.24, 2.45) is 0 Å². The van der Waals surface area contributed by atoms with E-state index in [9.17, 15) is 18.5 Å². The molecule has 0 aliphatic carbocycles. The van der Waals surface area contributed by atoms with Crippen LogP contribution in [-0.4, -0.2) is 31.4 Å². The lowest BCUT2D eigenvalue weighted by Crippen LogP contribution is -2.33.